The Balaban J connectivity index is 1.65. The lowest BCUT2D eigenvalue weighted by atomic mass is 9.58. The van der Waals surface area contributed by atoms with E-state index in [1.54, 1.807) is 0 Å². The molecule has 4 aliphatic rings. The molecule has 0 bridgehead atoms. The van der Waals surface area contributed by atoms with E-state index in [1.807, 2.05) is 7.11 Å². The maximum absolute atomic E-state index is 6.00. The molecule has 0 amide bonds. The average molecular weight is 391 g/mol. The van der Waals surface area contributed by atoms with Gasteiger partial charge in [-0.15, -0.1) is 0 Å². The lowest BCUT2D eigenvalue weighted by Gasteiger charge is -2.49. The first-order valence-electron chi connectivity index (χ1n) is 8.83. The predicted molar refractivity (Wildman–Crippen MR) is 95.8 cm³/mol. The van der Waals surface area contributed by atoms with Gasteiger partial charge in [-0.3, -0.25) is 0 Å². The highest BCUT2D eigenvalue weighted by Gasteiger charge is 2.67. The molecule has 2 fully saturated rings. The van der Waals surface area contributed by atoms with Gasteiger partial charge in [-0.25, -0.2) is 4.99 Å². The van der Waals surface area contributed by atoms with Crippen LogP contribution in [0, 0.1) is 10.8 Å². The van der Waals surface area contributed by atoms with Crippen molar-refractivity contribution in [3.63, 3.8) is 0 Å². The minimum atomic E-state index is -0.315. The van der Waals surface area contributed by atoms with Crippen molar-refractivity contribution in [1.82, 2.24) is 0 Å². The molecule has 0 saturated heterocycles. The Morgan fingerprint density at radius 3 is 2.83 bits per heavy atom. The summed E-state index contributed by atoms with van der Waals surface area (Å²) in [5.74, 6) is 0. The van der Waals surface area contributed by atoms with E-state index in [1.165, 1.54) is 30.4 Å². The summed E-state index contributed by atoms with van der Waals surface area (Å²) >= 11 is 3.64. The molecule has 3 aliphatic carbocycles. The van der Waals surface area contributed by atoms with E-state index < -0.39 is 0 Å². The predicted octanol–water partition coefficient (Wildman–Crippen LogP) is 3.51. The number of benzene rings is 1. The molecule has 5 heteroatoms. The molecule has 24 heavy (non-hydrogen) atoms. The molecule has 128 valence electrons. The van der Waals surface area contributed by atoms with Gasteiger partial charge >= 0.3 is 0 Å². The monoisotopic (exact) mass is 390 g/mol. The van der Waals surface area contributed by atoms with E-state index in [9.17, 15) is 0 Å². The zero-order chi connectivity index (χ0) is 16.6. The quantitative estimate of drug-likeness (QED) is 0.797. The van der Waals surface area contributed by atoms with Crippen LogP contribution in [0.4, 0.5) is 0 Å². The van der Waals surface area contributed by atoms with Crippen molar-refractivity contribution in [2.75, 3.05) is 13.7 Å². The molecule has 2 N–H and O–H groups in total. The summed E-state index contributed by atoms with van der Waals surface area (Å²) in [6.45, 7) is 0.579. The Morgan fingerprint density at radius 1 is 1.33 bits per heavy atom. The number of fused-ring (bicyclic) bond motifs is 3. The van der Waals surface area contributed by atoms with Gasteiger partial charge in [0.15, 0.2) is 0 Å². The average Bonchev–Trinajstić information content (AvgIpc) is 3.12. The summed E-state index contributed by atoms with van der Waals surface area (Å²) in [5, 5.41) is 0. The van der Waals surface area contributed by atoms with Gasteiger partial charge in [0.25, 0.3) is 6.02 Å². The molecule has 1 aliphatic heterocycles. The van der Waals surface area contributed by atoms with Crippen LogP contribution in [0.5, 0.6) is 0 Å². The fourth-order valence-corrected chi connectivity index (χ4v) is 6.21. The third-order valence-corrected chi connectivity index (χ3v) is 7.58. The largest absolute Gasteiger partial charge is 0.462 e. The maximum atomic E-state index is 6.00. The molecular weight excluding hydrogens is 368 g/mol. The third kappa shape index (κ3) is 1.80. The number of ether oxygens (including phenoxy) is 2. The number of amidine groups is 1. The van der Waals surface area contributed by atoms with E-state index in [2.05, 4.69) is 34.1 Å². The number of rotatable bonds is 1. The molecule has 0 radical (unpaired) electrons. The first-order valence-corrected chi connectivity index (χ1v) is 9.62. The molecule has 0 aromatic heterocycles. The van der Waals surface area contributed by atoms with Crippen LogP contribution in [0.2, 0.25) is 0 Å². The number of methoxy groups -OCH3 is 1. The van der Waals surface area contributed by atoms with Crippen molar-refractivity contribution in [2.24, 2.45) is 21.6 Å². The molecule has 5 rings (SSSR count). The minimum absolute atomic E-state index is 0.114. The number of nitrogens with two attached hydrogens (primary N) is 1. The third-order valence-electron chi connectivity index (χ3n) is 7.09. The van der Waals surface area contributed by atoms with Crippen LogP contribution in [-0.4, -0.2) is 25.8 Å². The standard InChI is InChI=1S/C19H23BrN2O2/c1-23-15-4-5-18(10-17(15)6-7-17)9-12-2-3-13(20)8-14(12)19(18)11-24-16(21)22-19/h2-3,8,15H,4-7,9-11H2,1H3,(H2,21,22)/t15-,18+,19?/m0/s1. The first-order chi connectivity index (χ1) is 11.5. The van der Waals surface area contributed by atoms with Gasteiger partial charge in [-0.2, -0.15) is 0 Å². The van der Waals surface area contributed by atoms with Gasteiger partial charge in [-0.05, 0) is 67.2 Å². The molecule has 1 heterocycles. The van der Waals surface area contributed by atoms with Crippen LogP contribution >= 0.6 is 15.9 Å². The summed E-state index contributed by atoms with van der Waals surface area (Å²) in [6, 6.07) is 6.97. The molecule has 1 aromatic rings. The highest BCUT2D eigenvalue weighted by Crippen LogP contribution is 2.70. The van der Waals surface area contributed by atoms with Crippen LogP contribution in [-0.2, 0) is 21.4 Å². The van der Waals surface area contributed by atoms with Gasteiger partial charge in [0.05, 0.1) is 6.10 Å². The molecule has 4 nitrogen and oxygen atoms in total. The molecule has 3 atom stereocenters. The van der Waals surface area contributed by atoms with E-state index in [-0.39, 0.29) is 11.0 Å². The van der Waals surface area contributed by atoms with Crippen molar-refractivity contribution < 1.29 is 9.47 Å². The van der Waals surface area contributed by atoms with E-state index in [4.69, 9.17) is 20.2 Å². The second-order valence-electron chi connectivity index (χ2n) is 8.16. The summed E-state index contributed by atoms with van der Waals surface area (Å²) < 4.78 is 12.7. The summed E-state index contributed by atoms with van der Waals surface area (Å²) in [7, 11) is 1.87. The van der Waals surface area contributed by atoms with Crippen molar-refractivity contribution >= 4 is 22.0 Å². The second kappa shape index (κ2) is 4.76. The first kappa shape index (κ1) is 15.2. The zero-order valence-corrected chi connectivity index (χ0v) is 15.6. The number of hydrogen-bond donors (Lipinski definition) is 1. The van der Waals surface area contributed by atoms with E-state index in [0.717, 1.165) is 23.7 Å². The number of aliphatic imine (C=N–C) groups is 1. The summed E-state index contributed by atoms with van der Waals surface area (Å²) in [6.07, 6.45) is 7.45. The van der Waals surface area contributed by atoms with E-state index in [0.29, 0.717) is 24.1 Å². The van der Waals surface area contributed by atoms with Crippen molar-refractivity contribution in [3.8, 4) is 0 Å². The normalized spacial score (nSPS) is 38.4. The molecular formula is C19H23BrN2O2. The van der Waals surface area contributed by atoms with Gasteiger partial charge in [-0.1, -0.05) is 22.0 Å². The second-order valence-corrected chi connectivity index (χ2v) is 9.08. The van der Waals surface area contributed by atoms with Crippen LogP contribution < -0.4 is 5.73 Å². The smallest absolute Gasteiger partial charge is 0.283 e. The topological polar surface area (TPSA) is 56.8 Å². The zero-order valence-electron chi connectivity index (χ0n) is 14.0. The lowest BCUT2D eigenvalue weighted by molar-refractivity contribution is -0.0622. The summed E-state index contributed by atoms with van der Waals surface area (Å²) in [5.41, 5.74) is 8.87. The Kier molecular flexibility index (Phi) is 3.02. The van der Waals surface area contributed by atoms with E-state index >= 15 is 0 Å². The van der Waals surface area contributed by atoms with Gasteiger partial charge < -0.3 is 15.2 Å². The van der Waals surface area contributed by atoms with Gasteiger partial charge in [0.2, 0.25) is 0 Å². The van der Waals surface area contributed by atoms with Gasteiger partial charge in [0.1, 0.15) is 12.1 Å². The molecule has 2 saturated carbocycles. The fourth-order valence-electron chi connectivity index (χ4n) is 5.85. The van der Waals surface area contributed by atoms with Crippen LogP contribution in [0.15, 0.2) is 27.7 Å². The SMILES string of the molecule is CO[C@H]1CC[C@@]2(Cc3ccc(Br)cc3C23COC(N)=N3)CC12CC2. The molecule has 1 unspecified atom stereocenters. The highest BCUT2D eigenvalue weighted by molar-refractivity contribution is 9.10. The molecule has 3 spiro atoms. The number of nitrogens with zero attached hydrogens (tertiary/aromatic N) is 1. The van der Waals surface area contributed by atoms with Crippen LogP contribution in [0.25, 0.3) is 0 Å². The van der Waals surface area contributed by atoms with Gasteiger partial charge in [0, 0.05) is 17.0 Å². The van der Waals surface area contributed by atoms with Crippen molar-refractivity contribution in [2.45, 2.75) is 50.2 Å². The Labute approximate surface area is 150 Å². The number of hydrogen-bond acceptors (Lipinski definition) is 4. The maximum Gasteiger partial charge on any atom is 0.283 e. The Bertz CT molecular complexity index is 745. The lowest BCUT2D eigenvalue weighted by Crippen LogP contribution is -2.50. The number of halogens is 1. The Morgan fingerprint density at radius 2 is 2.17 bits per heavy atom. The summed E-state index contributed by atoms with van der Waals surface area (Å²) in [4.78, 5) is 4.93. The Hall–Kier alpha value is -1.07. The highest BCUT2D eigenvalue weighted by atomic mass is 79.9. The fraction of sp³-hybridized carbons (Fsp3) is 0.632. The minimum Gasteiger partial charge on any atom is -0.462 e. The van der Waals surface area contributed by atoms with Crippen molar-refractivity contribution in [1.29, 1.82) is 0 Å². The van der Waals surface area contributed by atoms with Crippen LogP contribution in [0.1, 0.15) is 43.2 Å². The van der Waals surface area contributed by atoms with Crippen LogP contribution in [0.3, 0.4) is 0 Å². The van der Waals surface area contributed by atoms with Crippen molar-refractivity contribution in [3.05, 3.63) is 33.8 Å². The molecule has 1 aromatic carbocycles.